The molecule has 1 aliphatic rings. The molecule has 17 heavy (non-hydrogen) atoms. The molecule has 1 aromatic carbocycles. The molecule has 0 bridgehead atoms. The summed E-state index contributed by atoms with van der Waals surface area (Å²) in [5, 5.41) is 9.95. The minimum atomic E-state index is 0.167. The Bertz CT molecular complexity index is 372. The molecule has 2 atom stereocenters. The van der Waals surface area contributed by atoms with Crippen LogP contribution in [-0.4, -0.2) is 36.2 Å². The number of aliphatic hydroxyl groups is 1. The molecule has 0 saturated carbocycles. The third kappa shape index (κ3) is 2.80. The van der Waals surface area contributed by atoms with Gasteiger partial charge < -0.3 is 10.8 Å². The molecule has 3 N–H and O–H groups in total. The highest BCUT2D eigenvalue weighted by atomic mass is 35.5. The zero-order valence-corrected chi connectivity index (χ0v) is 10.6. The molecular formula is C13H19ClN2O. The van der Waals surface area contributed by atoms with Crippen LogP contribution >= 0.6 is 11.6 Å². The summed E-state index contributed by atoms with van der Waals surface area (Å²) in [7, 11) is 0. The first-order chi connectivity index (χ1) is 8.26. The Kier molecular flexibility index (Phi) is 4.40. The normalized spacial score (nSPS) is 22.9. The molecular weight excluding hydrogens is 236 g/mol. The molecule has 2 rings (SSSR count). The number of nitrogens with zero attached hydrogens (tertiary/aromatic N) is 1. The lowest BCUT2D eigenvalue weighted by Gasteiger charge is -2.27. The van der Waals surface area contributed by atoms with E-state index in [4.69, 9.17) is 17.3 Å². The average Bonchev–Trinajstić information content (AvgIpc) is 2.81. The zero-order valence-electron chi connectivity index (χ0n) is 9.85. The monoisotopic (exact) mass is 254 g/mol. The molecule has 0 radical (unpaired) electrons. The summed E-state index contributed by atoms with van der Waals surface area (Å²) < 4.78 is 0. The van der Waals surface area contributed by atoms with Crippen molar-refractivity contribution in [2.45, 2.75) is 12.5 Å². The predicted octanol–water partition coefficient (Wildman–Crippen LogP) is 1.65. The molecule has 0 spiro atoms. The Morgan fingerprint density at radius 2 is 2.24 bits per heavy atom. The summed E-state index contributed by atoms with van der Waals surface area (Å²) >= 11 is 6.21. The van der Waals surface area contributed by atoms with E-state index in [1.807, 2.05) is 24.3 Å². The second-order valence-corrected chi connectivity index (χ2v) is 5.01. The standard InChI is InChI=1S/C13H19ClN2O/c14-12-4-2-1-3-11(12)13(7-15)16-6-5-10(8-16)9-17/h1-4,10,13,17H,5-9,15H2. The van der Waals surface area contributed by atoms with Crippen LogP contribution in [0.4, 0.5) is 0 Å². The predicted molar refractivity (Wildman–Crippen MR) is 70.0 cm³/mol. The lowest BCUT2D eigenvalue weighted by Crippen LogP contribution is -2.32. The van der Waals surface area contributed by atoms with Crippen LogP contribution in [0.2, 0.25) is 5.02 Å². The minimum absolute atomic E-state index is 0.167. The molecule has 2 unspecified atom stereocenters. The maximum atomic E-state index is 9.18. The van der Waals surface area contributed by atoms with Crippen LogP contribution in [0.15, 0.2) is 24.3 Å². The second kappa shape index (κ2) is 5.83. The molecule has 0 aliphatic carbocycles. The Labute approximate surface area is 107 Å². The van der Waals surface area contributed by atoms with Crippen LogP contribution in [0.25, 0.3) is 0 Å². The SMILES string of the molecule is NCC(c1ccccc1Cl)N1CCC(CO)C1. The molecule has 1 fully saturated rings. The molecule has 3 nitrogen and oxygen atoms in total. The summed E-state index contributed by atoms with van der Waals surface area (Å²) in [6.07, 6.45) is 1.04. The number of hydrogen-bond donors (Lipinski definition) is 2. The molecule has 1 aromatic rings. The van der Waals surface area contributed by atoms with Gasteiger partial charge in [0.05, 0.1) is 0 Å². The highest BCUT2D eigenvalue weighted by Crippen LogP contribution is 2.30. The fourth-order valence-electron chi connectivity index (χ4n) is 2.51. The van der Waals surface area contributed by atoms with Crippen LogP contribution in [0, 0.1) is 5.92 Å². The van der Waals surface area contributed by atoms with Crippen molar-refractivity contribution in [3.8, 4) is 0 Å². The number of benzene rings is 1. The van der Waals surface area contributed by atoms with Crippen molar-refractivity contribution < 1.29 is 5.11 Å². The zero-order chi connectivity index (χ0) is 12.3. The molecule has 1 saturated heterocycles. The van der Waals surface area contributed by atoms with Crippen LogP contribution in [0.5, 0.6) is 0 Å². The molecule has 0 amide bonds. The maximum absolute atomic E-state index is 9.18. The molecule has 0 aromatic heterocycles. The second-order valence-electron chi connectivity index (χ2n) is 4.61. The van der Waals surface area contributed by atoms with E-state index < -0.39 is 0 Å². The van der Waals surface area contributed by atoms with Gasteiger partial charge in [-0.3, -0.25) is 4.90 Å². The third-order valence-corrected chi connectivity index (χ3v) is 3.85. The van der Waals surface area contributed by atoms with Crippen LogP contribution < -0.4 is 5.73 Å². The first-order valence-electron chi connectivity index (χ1n) is 6.05. The quantitative estimate of drug-likeness (QED) is 0.859. The van der Waals surface area contributed by atoms with E-state index in [0.29, 0.717) is 12.5 Å². The van der Waals surface area contributed by atoms with Gasteiger partial charge in [0.2, 0.25) is 0 Å². The van der Waals surface area contributed by atoms with Gasteiger partial charge in [0.15, 0.2) is 0 Å². The van der Waals surface area contributed by atoms with E-state index in [1.165, 1.54) is 0 Å². The van der Waals surface area contributed by atoms with Gasteiger partial charge in [0.1, 0.15) is 0 Å². The molecule has 4 heteroatoms. The van der Waals surface area contributed by atoms with E-state index in [2.05, 4.69) is 4.90 Å². The Balaban J connectivity index is 2.15. The summed E-state index contributed by atoms with van der Waals surface area (Å²) in [5.74, 6) is 0.381. The Hall–Kier alpha value is -0.610. The maximum Gasteiger partial charge on any atom is 0.0485 e. The molecule has 1 heterocycles. The van der Waals surface area contributed by atoms with Crippen LogP contribution in [0.3, 0.4) is 0 Å². The van der Waals surface area contributed by atoms with Crippen molar-refractivity contribution in [2.24, 2.45) is 11.7 Å². The van der Waals surface area contributed by atoms with Crippen molar-refractivity contribution in [1.29, 1.82) is 0 Å². The van der Waals surface area contributed by atoms with Gasteiger partial charge in [-0.1, -0.05) is 29.8 Å². The van der Waals surface area contributed by atoms with Crippen LogP contribution in [-0.2, 0) is 0 Å². The largest absolute Gasteiger partial charge is 0.396 e. The van der Waals surface area contributed by atoms with Gasteiger partial charge in [-0.2, -0.15) is 0 Å². The van der Waals surface area contributed by atoms with Gasteiger partial charge in [0, 0.05) is 30.8 Å². The summed E-state index contributed by atoms with van der Waals surface area (Å²) in [6.45, 7) is 2.71. The van der Waals surface area contributed by atoms with Gasteiger partial charge in [-0.05, 0) is 30.5 Å². The topological polar surface area (TPSA) is 49.5 Å². The van der Waals surface area contributed by atoms with Crippen molar-refractivity contribution in [3.05, 3.63) is 34.9 Å². The lowest BCUT2D eigenvalue weighted by molar-refractivity contribution is 0.200. The van der Waals surface area contributed by atoms with Crippen molar-refractivity contribution in [2.75, 3.05) is 26.2 Å². The van der Waals surface area contributed by atoms with E-state index in [-0.39, 0.29) is 12.6 Å². The minimum Gasteiger partial charge on any atom is -0.396 e. The number of nitrogens with two attached hydrogens (primary N) is 1. The van der Waals surface area contributed by atoms with Gasteiger partial charge >= 0.3 is 0 Å². The molecule has 1 aliphatic heterocycles. The number of aliphatic hydroxyl groups excluding tert-OH is 1. The van der Waals surface area contributed by atoms with Gasteiger partial charge in [-0.25, -0.2) is 0 Å². The smallest absolute Gasteiger partial charge is 0.0485 e. The first-order valence-corrected chi connectivity index (χ1v) is 6.43. The van der Waals surface area contributed by atoms with Crippen molar-refractivity contribution in [3.63, 3.8) is 0 Å². The Morgan fingerprint density at radius 1 is 1.47 bits per heavy atom. The number of likely N-dealkylation sites (tertiary alicyclic amines) is 1. The van der Waals surface area contributed by atoms with Crippen LogP contribution in [0.1, 0.15) is 18.0 Å². The number of rotatable bonds is 4. The number of halogens is 1. The highest BCUT2D eigenvalue weighted by Gasteiger charge is 2.28. The lowest BCUT2D eigenvalue weighted by atomic mass is 10.1. The third-order valence-electron chi connectivity index (χ3n) is 3.50. The number of hydrogen-bond acceptors (Lipinski definition) is 3. The van der Waals surface area contributed by atoms with Gasteiger partial charge in [0.25, 0.3) is 0 Å². The van der Waals surface area contributed by atoms with Crippen molar-refractivity contribution in [1.82, 2.24) is 4.90 Å². The average molecular weight is 255 g/mol. The van der Waals surface area contributed by atoms with E-state index in [1.54, 1.807) is 0 Å². The highest BCUT2D eigenvalue weighted by molar-refractivity contribution is 6.31. The van der Waals surface area contributed by atoms with Gasteiger partial charge in [-0.15, -0.1) is 0 Å². The summed E-state index contributed by atoms with van der Waals surface area (Å²) in [5.41, 5.74) is 6.97. The van der Waals surface area contributed by atoms with E-state index in [9.17, 15) is 5.11 Å². The first kappa shape index (κ1) is 12.8. The van der Waals surface area contributed by atoms with E-state index >= 15 is 0 Å². The fraction of sp³-hybridized carbons (Fsp3) is 0.538. The van der Waals surface area contributed by atoms with E-state index in [0.717, 1.165) is 30.1 Å². The summed E-state index contributed by atoms with van der Waals surface area (Å²) in [4.78, 5) is 2.32. The Morgan fingerprint density at radius 3 is 2.82 bits per heavy atom. The fourth-order valence-corrected chi connectivity index (χ4v) is 2.77. The van der Waals surface area contributed by atoms with Crippen molar-refractivity contribution >= 4 is 11.6 Å². The summed E-state index contributed by atoms with van der Waals surface area (Å²) in [6, 6.07) is 8.02. The molecule has 94 valence electrons.